The van der Waals surface area contributed by atoms with E-state index in [1.165, 1.54) is 32.4 Å². The van der Waals surface area contributed by atoms with Gasteiger partial charge in [-0.15, -0.1) is 0 Å². The molecule has 8 heteroatoms. The summed E-state index contributed by atoms with van der Waals surface area (Å²) in [6.07, 6.45) is -0.0914. The normalized spacial score (nSPS) is 11.5. The maximum Gasteiger partial charge on any atom is 0.344 e. The lowest BCUT2D eigenvalue weighted by atomic mass is 9.96. The van der Waals surface area contributed by atoms with Crippen molar-refractivity contribution in [1.29, 1.82) is 0 Å². The largest absolute Gasteiger partial charge is 0.493 e. The number of carboxylic acid groups (broad SMARTS) is 1. The summed E-state index contributed by atoms with van der Waals surface area (Å²) in [5, 5.41) is 10.1. The Hall–Kier alpha value is -3.55. The van der Waals surface area contributed by atoms with Crippen molar-refractivity contribution in [1.82, 2.24) is 0 Å². The molecule has 0 aliphatic rings. The van der Waals surface area contributed by atoms with Gasteiger partial charge in [0.1, 0.15) is 0 Å². The minimum atomic E-state index is -1.00. The highest BCUT2D eigenvalue weighted by atomic mass is 16.5. The SMILES string of the molecule is COc1ccc2c(=O)oc3c(OC)cc(CCC(=O)O)c4c(=O)oc1c2c34. The van der Waals surface area contributed by atoms with Crippen LogP contribution in [0.1, 0.15) is 12.0 Å². The zero-order chi connectivity index (χ0) is 19.3. The van der Waals surface area contributed by atoms with Gasteiger partial charge in [-0.05, 0) is 30.2 Å². The van der Waals surface area contributed by atoms with Crippen molar-refractivity contribution in [2.45, 2.75) is 12.8 Å². The van der Waals surface area contributed by atoms with Crippen LogP contribution in [0.4, 0.5) is 0 Å². The number of rotatable bonds is 5. The molecule has 0 spiro atoms. The molecule has 1 N–H and O–H groups in total. The van der Waals surface area contributed by atoms with Crippen LogP contribution in [0.2, 0.25) is 0 Å². The van der Waals surface area contributed by atoms with Gasteiger partial charge in [0, 0.05) is 17.2 Å². The molecule has 138 valence electrons. The minimum absolute atomic E-state index is 0.0893. The Balaban J connectivity index is 2.28. The Morgan fingerprint density at radius 3 is 2.30 bits per heavy atom. The van der Waals surface area contributed by atoms with Gasteiger partial charge in [-0.3, -0.25) is 4.79 Å². The molecule has 4 aromatic rings. The monoisotopic (exact) mass is 370 g/mol. The number of hydrogen-bond donors (Lipinski definition) is 1. The molecule has 8 nitrogen and oxygen atoms in total. The van der Waals surface area contributed by atoms with Crippen molar-refractivity contribution in [3.05, 3.63) is 44.6 Å². The predicted molar refractivity (Wildman–Crippen MR) is 96.3 cm³/mol. The molecule has 0 bridgehead atoms. The molecule has 27 heavy (non-hydrogen) atoms. The number of ether oxygens (including phenoxy) is 2. The van der Waals surface area contributed by atoms with Crippen LogP contribution in [0, 0.1) is 0 Å². The van der Waals surface area contributed by atoms with E-state index in [1.54, 1.807) is 0 Å². The van der Waals surface area contributed by atoms with E-state index >= 15 is 0 Å². The number of aliphatic carboxylic acids is 1. The van der Waals surface area contributed by atoms with Crippen molar-refractivity contribution in [2.24, 2.45) is 0 Å². The van der Waals surface area contributed by atoms with Crippen molar-refractivity contribution in [2.75, 3.05) is 14.2 Å². The van der Waals surface area contributed by atoms with Crippen LogP contribution >= 0.6 is 0 Å². The Morgan fingerprint density at radius 1 is 0.963 bits per heavy atom. The third-order valence-electron chi connectivity index (χ3n) is 4.56. The molecular formula is C19H14O8. The van der Waals surface area contributed by atoms with E-state index < -0.39 is 17.2 Å². The summed E-state index contributed by atoms with van der Waals surface area (Å²) >= 11 is 0. The summed E-state index contributed by atoms with van der Waals surface area (Å²) < 4.78 is 21.5. The van der Waals surface area contributed by atoms with E-state index in [1.807, 2.05) is 0 Å². The fraction of sp³-hybridized carbons (Fsp3) is 0.211. The second-order valence-electron chi connectivity index (χ2n) is 6.01. The first-order valence-corrected chi connectivity index (χ1v) is 8.07. The van der Waals surface area contributed by atoms with E-state index in [9.17, 15) is 14.4 Å². The van der Waals surface area contributed by atoms with Crippen molar-refractivity contribution < 1.29 is 28.2 Å². The topological polar surface area (TPSA) is 116 Å². The smallest absolute Gasteiger partial charge is 0.344 e. The van der Waals surface area contributed by atoms with E-state index in [-0.39, 0.29) is 40.5 Å². The average Bonchev–Trinajstić information content (AvgIpc) is 2.65. The second kappa shape index (κ2) is 6.01. The van der Waals surface area contributed by atoms with E-state index in [4.69, 9.17) is 23.4 Å². The van der Waals surface area contributed by atoms with Gasteiger partial charge >= 0.3 is 17.2 Å². The summed E-state index contributed by atoms with van der Waals surface area (Å²) in [4.78, 5) is 36.2. The molecule has 0 saturated carbocycles. The summed E-state index contributed by atoms with van der Waals surface area (Å²) in [5.74, 6) is -0.475. The lowest BCUT2D eigenvalue weighted by molar-refractivity contribution is -0.136. The maximum atomic E-state index is 12.7. The van der Waals surface area contributed by atoms with Crippen LogP contribution in [-0.2, 0) is 11.2 Å². The Morgan fingerprint density at radius 2 is 1.63 bits per heavy atom. The quantitative estimate of drug-likeness (QED) is 0.421. The molecule has 0 aliphatic carbocycles. The number of carbonyl (C=O) groups is 1. The summed E-state index contributed by atoms with van der Waals surface area (Å²) in [7, 11) is 2.82. The average molecular weight is 370 g/mol. The first-order valence-electron chi connectivity index (χ1n) is 8.07. The van der Waals surface area contributed by atoms with Crippen LogP contribution in [0.5, 0.6) is 11.5 Å². The predicted octanol–water partition coefficient (Wildman–Crippen LogP) is 2.52. The van der Waals surface area contributed by atoms with E-state index in [0.29, 0.717) is 22.1 Å². The lowest BCUT2D eigenvalue weighted by Crippen LogP contribution is -2.10. The standard InChI is InChI=1S/C19H14O8/c1-24-10-5-4-9-14-15-13(19(23)27-16(10)14)8(3-6-12(20)21)7-11(25-2)17(15)26-18(9)22/h4-5,7H,3,6H2,1-2H3,(H,20,21). The Kier molecular flexibility index (Phi) is 3.76. The van der Waals surface area contributed by atoms with E-state index in [0.717, 1.165) is 0 Å². The fourth-order valence-electron chi connectivity index (χ4n) is 3.39. The third-order valence-corrected chi connectivity index (χ3v) is 4.56. The Bertz CT molecular complexity index is 1310. The van der Waals surface area contributed by atoms with Crippen LogP contribution in [0.3, 0.4) is 0 Å². The molecule has 0 atom stereocenters. The van der Waals surface area contributed by atoms with Gasteiger partial charge in [0.2, 0.25) is 0 Å². The number of benzene rings is 2. The summed E-state index contributed by atoms with van der Waals surface area (Å²) in [5.41, 5.74) is -0.606. The van der Waals surface area contributed by atoms with Crippen LogP contribution in [0.25, 0.3) is 32.7 Å². The van der Waals surface area contributed by atoms with Gasteiger partial charge in [0.05, 0.1) is 25.0 Å². The Labute approximate surface area is 150 Å². The number of aryl methyl sites for hydroxylation is 1. The summed E-state index contributed by atoms with van der Waals surface area (Å²) in [6, 6.07) is 4.55. The summed E-state index contributed by atoms with van der Waals surface area (Å²) in [6.45, 7) is 0. The van der Waals surface area contributed by atoms with Gasteiger partial charge in [-0.1, -0.05) is 0 Å². The van der Waals surface area contributed by atoms with Gasteiger partial charge in [0.25, 0.3) is 0 Å². The molecule has 0 unspecified atom stereocenters. The highest BCUT2D eigenvalue weighted by molar-refractivity contribution is 6.21. The minimum Gasteiger partial charge on any atom is -0.493 e. The molecule has 0 radical (unpaired) electrons. The number of hydrogen-bond acceptors (Lipinski definition) is 7. The zero-order valence-electron chi connectivity index (χ0n) is 14.5. The van der Waals surface area contributed by atoms with Crippen LogP contribution in [0.15, 0.2) is 36.6 Å². The molecular weight excluding hydrogens is 356 g/mol. The number of carboxylic acids is 1. The van der Waals surface area contributed by atoms with Gasteiger partial charge in [0.15, 0.2) is 22.7 Å². The molecule has 2 heterocycles. The maximum absolute atomic E-state index is 12.7. The zero-order valence-corrected chi connectivity index (χ0v) is 14.5. The third kappa shape index (κ3) is 2.41. The van der Waals surface area contributed by atoms with Gasteiger partial charge in [-0.25, -0.2) is 9.59 Å². The molecule has 0 aliphatic heterocycles. The lowest BCUT2D eigenvalue weighted by Gasteiger charge is -2.14. The number of methoxy groups -OCH3 is 2. The molecule has 4 rings (SSSR count). The fourth-order valence-corrected chi connectivity index (χ4v) is 3.39. The molecule has 0 amide bonds. The molecule has 0 fully saturated rings. The molecule has 0 saturated heterocycles. The van der Waals surface area contributed by atoms with Crippen LogP contribution < -0.4 is 20.7 Å². The highest BCUT2D eigenvalue weighted by Gasteiger charge is 2.24. The first kappa shape index (κ1) is 16.9. The van der Waals surface area contributed by atoms with Crippen molar-refractivity contribution >= 4 is 38.7 Å². The molecule has 2 aromatic carbocycles. The molecule has 2 aromatic heterocycles. The second-order valence-corrected chi connectivity index (χ2v) is 6.01. The van der Waals surface area contributed by atoms with Gasteiger partial charge in [-0.2, -0.15) is 0 Å². The van der Waals surface area contributed by atoms with E-state index in [2.05, 4.69) is 0 Å². The first-order chi connectivity index (χ1) is 13.0. The van der Waals surface area contributed by atoms with Crippen molar-refractivity contribution in [3.63, 3.8) is 0 Å². The van der Waals surface area contributed by atoms with Crippen molar-refractivity contribution in [3.8, 4) is 11.5 Å². The van der Waals surface area contributed by atoms with Crippen LogP contribution in [-0.4, -0.2) is 25.3 Å². The highest BCUT2D eigenvalue weighted by Crippen LogP contribution is 2.40. The van der Waals surface area contributed by atoms with Gasteiger partial charge < -0.3 is 23.4 Å².